The second kappa shape index (κ2) is 17.8. The van der Waals surface area contributed by atoms with E-state index in [1.807, 2.05) is 36.4 Å². The molecule has 6 fully saturated rings. The average Bonchev–Trinajstić information content (AvgIpc) is 4.13. The molecule has 2 bridgehead atoms. The Balaban J connectivity index is 0.728. The first-order valence-corrected chi connectivity index (χ1v) is 25.1. The number of pyridine rings is 1. The van der Waals surface area contributed by atoms with Crippen LogP contribution in [0.3, 0.4) is 0 Å². The minimum Gasteiger partial charge on any atom is -0.508 e. The minimum absolute atomic E-state index is 0.0142. The zero-order valence-corrected chi connectivity index (χ0v) is 39.4. The third-order valence-corrected chi connectivity index (χ3v) is 16.3. The number of benzene rings is 3. The summed E-state index contributed by atoms with van der Waals surface area (Å²) in [6.07, 6.45) is 7.27. The second-order valence-corrected chi connectivity index (χ2v) is 20.3. The van der Waals surface area contributed by atoms with Crippen molar-refractivity contribution in [3.63, 3.8) is 0 Å². The fourth-order valence-corrected chi connectivity index (χ4v) is 12.8. The largest absolute Gasteiger partial charge is 0.508 e. The number of nitrogens with one attached hydrogen (secondary N) is 2. The molecule has 6 atom stereocenters. The van der Waals surface area contributed by atoms with Crippen molar-refractivity contribution >= 4 is 51.1 Å². The van der Waals surface area contributed by atoms with Crippen LogP contribution in [0.4, 0.5) is 20.7 Å². The number of piperazine rings is 2. The number of hydrogen-bond acceptors (Lipinski definition) is 14. The van der Waals surface area contributed by atoms with Gasteiger partial charge in [0.15, 0.2) is 5.82 Å². The first-order valence-electron chi connectivity index (χ1n) is 25.1. The molecule has 4 N–H and O–H groups in total. The van der Waals surface area contributed by atoms with Crippen molar-refractivity contribution in [2.75, 3.05) is 68.8 Å². The molecule has 6 saturated heterocycles. The predicted octanol–water partition coefficient (Wildman–Crippen LogP) is 5.08. The fraction of sp³-hybridized carbons (Fsp3) is 0.500. The second-order valence-electron chi connectivity index (χ2n) is 20.3. The van der Waals surface area contributed by atoms with Crippen LogP contribution in [0, 0.1) is 5.82 Å². The van der Waals surface area contributed by atoms with Gasteiger partial charge in [0.1, 0.15) is 42.2 Å². The molecule has 0 saturated carbocycles. The Morgan fingerprint density at radius 3 is 2.56 bits per heavy atom. The Labute approximate surface area is 404 Å². The van der Waals surface area contributed by atoms with E-state index in [2.05, 4.69) is 32.3 Å². The normalized spacial score (nSPS) is 26.6. The highest BCUT2D eigenvalue weighted by Crippen LogP contribution is 2.44. The number of anilines is 2. The maximum atomic E-state index is 17.3. The van der Waals surface area contributed by atoms with E-state index in [9.17, 15) is 24.6 Å². The molecular weight excluding hydrogens is 896 g/mol. The molecular formula is C52H59FN10O7. The van der Waals surface area contributed by atoms with Crippen molar-refractivity contribution in [2.45, 2.75) is 107 Å². The van der Waals surface area contributed by atoms with E-state index in [4.69, 9.17) is 24.4 Å². The molecule has 3 amide bonds. The summed E-state index contributed by atoms with van der Waals surface area (Å²) in [7, 11) is 0. The van der Waals surface area contributed by atoms with E-state index in [0.29, 0.717) is 80.2 Å². The third-order valence-electron chi connectivity index (χ3n) is 16.3. The number of aliphatic hydroxyl groups is 1. The van der Waals surface area contributed by atoms with E-state index >= 15 is 4.39 Å². The van der Waals surface area contributed by atoms with Gasteiger partial charge in [-0.2, -0.15) is 9.97 Å². The lowest BCUT2D eigenvalue weighted by atomic mass is 9.95. The molecule has 3 aromatic carbocycles. The molecule has 12 rings (SSSR count). The number of aromatic nitrogens is 3. The molecule has 9 heterocycles. The molecule has 366 valence electrons. The van der Waals surface area contributed by atoms with E-state index < -0.39 is 18.1 Å². The van der Waals surface area contributed by atoms with Crippen molar-refractivity contribution < 1.29 is 38.5 Å². The summed E-state index contributed by atoms with van der Waals surface area (Å²) < 4.78 is 30.0. The van der Waals surface area contributed by atoms with Crippen LogP contribution in [0.15, 0.2) is 54.7 Å². The summed E-state index contributed by atoms with van der Waals surface area (Å²) in [5.74, 6) is -0.329. The van der Waals surface area contributed by atoms with Crippen molar-refractivity contribution in [2.24, 2.45) is 0 Å². The fourth-order valence-electron chi connectivity index (χ4n) is 12.8. The lowest BCUT2D eigenvalue weighted by Gasteiger charge is -2.37. The molecule has 18 heteroatoms. The predicted molar refractivity (Wildman–Crippen MR) is 259 cm³/mol. The number of phenols is 1. The lowest BCUT2D eigenvalue weighted by Crippen LogP contribution is -2.55. The van der Waals surface area contributed by atoms with Crippen LogP contribution < -0.4 is 25.2 Å². The third kappa shape index (κ3) is 7.78. The van der Waals surface area contributed by atoms with Crippen molar-refractivity contribution in [3.05, 3.63) is 77.2 Å². The summed E-state index contributed by atoms with van der Waals surface area (Å²) in [4.78, 5) is 63.7. The maximum Gasteiger partial charge on any atom is 0.409 e. The minimum atomic E-state index is -1.11. The van der Waals surface area contributed by atoms with Crippen molar-refractivity contribution in [1.29, 1.82) is 0 Å². The zero-order chi connectivity index (χ0) is 47.8. The lowest BCUT2D eigenvalue weighted by molar-refractivity contribution is -0.129. The number of carbonyl (C=O) groups excluding carboxylic acids is 3. The van der Waals surface area contributed by atoms with Crippen LogP contribution in [0.2, 0.25) is 0 Å². The number of aliphatic hydroxyl groups excluding tert-OH is 1. The number of hydrogen-bond donors (Lipinski definition) is 4. The monoisotopic (exact) mass is 954 g/mol. The summed E-state index contributed by atoms with van der Waals surface area (Å²) >= 11 is 0. The molecule has 4 unspecified atom stereocenters. The molecule has 5 aromatic rings. The smallest absolute Gasteiger partial charge is 0.409 e. The van der Waals surface area contributed by atoms with Crippen LogP contribution >= 0.6 is 0 Å². The van der Waals surface area contributed by atoms with Gasteiger partial charge in [-0.1, -0.05) is 31.2 Å². The molecule has 7 aliphatic heterocycles. The van der Waals surface area contributed by atoms with Gasteiger partial charge in [0.05, 0.1) is 17.0 Å². The number of amides is 3. The Morgan fingerprint density at radius 2 is 1.76 bits per heavy atom. The zero-order valence-electron chi connectivity index (χ0n) is 39.4. The number of aryl methyl sites for hydroxylation is 1. The Morgan fingerprint density at radius 1 is 0.943 bits per heavy atom. The highest BCUT2D eigenvalue weighted by Gasteiger charge is 2.50. The maximum absolute atomic E-state index is 17.3. The summed E-state index contributed by atoms with van der Waals surface area (Å²) in [6.45, 7) is 7.32. The first-order chi connectivity index (χ1) is 34.0. The summed E-state index contributed by atoms with van der Waals surface area (Å²) in [5, 5.41) is 29.8. The van der Waals surface area contributed by atoms with E-state index in [1.54, 1.807) is 28.1 Å². The number of nitrogens with zero attached hydrogens (tertiary/aromatic N) is 8. The van der Waals surface area contributed by atoms with Gasteiger partial charge >= 0.3 is 12.1 Å². The number of piperidine rings is 1. The Bertz CT molecular complexity index is 2900. The van der Waals surface area contributed by atoms with Gasteiger partial charge < -0.3 is 49.9 Å². The molecule has 70 heavy (non-hydrogen) atoms. The number of halogens is 1. The van der Waals surface area contributed by atoms with Gasteiger partial charge in [-0.05, 0) is 98.5 Å². The number of aromatic hydroxyl groups is 1. The number of rotatable bonds is 10. The average molecular weight is 955 g/mol. The van der Waals surface area contributed by atoms with E-state index in [-0.39, 0.29) is 65.5 Å². The molecule has 7 aliphatic rings. The first kappa shape index (κ1) is 44.8. The van der Waals surface area contributed by atoms with Gasteiger partial charge in [-0.3, -0.25) is 19.5 Å². The standard InChI is InChI=1S/C52H59FN10O7/c1-2-30-6-3-7-31-22-35(64)23-37(43(30)31)45-44(53)46-38(24-54-45)47(61-25-32-10-11-33(26-61)55-32)58-50(57-46)70-29-52-15-5-17-63(52)34(14-16-52)28-69-51(68)60-20-18-59(19-21-60)40-9-4-8-36-39(40)27-62(49(36)67)41-12-13-42(65)56-48(41)66/h3-4,6-9,22-24,32-34,41,48,55,64,66H,2,5,10-21,25-29H2,1H3,(H,56,65)/t32?,33?,34-,41?,48?,52-/m1/s1. The van der Waals surface area contributed by atoms with Gasteiger partial charge in [-0.25, -0.2) is 9.18 Å². The molecule has 2 aromatic heterocycles. The molecule has 0 radical (unpaired) electrons. The number of phenolic OH excluding ortho intramolecular Hbond substituents is 1. The molecule has 0 spiro atoms. The van der Waals surface area contributed by atoms with Gasteiger partial charge in [-0.15, -0.1) is 0 Å². The quantitative estimate of drug-likeness (QED) is 0.145. The Hall–Kier alpha value is -6.37. The van der Waals surface area contributed by atoms with Crippen molar-refractivity contribution in [1.82, 2.24) is 40.3 Å². The van der Waals surface area contributed by atoms with E-state index in [0.717, 1.165) is 92.2 Å². The summed E-state index contributed by atoms with van der Waals surface area (Å²) in [6, 6.07) is 15.1. The SMILES string of the molecule is CCc1cccc2cc(O)cc(-c3ncc4c(N5CC6CCC(C5)N6)nc(OC[C@]56CCCN5[C@@H](COC(=O)N5CCN(c7cccc8c7CN(C7CCC(=O)NC7O)C8=O)CC5)CC6)nc4c3F)c12. The Kier molecular flexibility index (Phi) is 11.4. The van der Waals surface area contributed by atoms with Gasteiger partial charge in [0, 0.05) is 98.9 Å². The van der Waals surface area contributed by atoms with Crippen LogP contribution in [0.5, 0.6) is 11.8 Å². The van der Waals surface area contributed by atoms with Gasteiger partial charge in [0.25, 0.3) is 5.91 Å². The molecule has 0 aliphatic carbocycles. The highest BCUT2D eigenvalue weighted by atomic mass is 19.1. The van der Waals surface area contributed by atoms with Gasteiger partial charge in [0.2, 0.25) is 5.91 Å². The van der Waals surface area contributed by atoms with Crippen LogP contribution in [0.25, 0.3) is 32.9 Å². The highest BCUT2D eigenvalue weighted by molar-refractivity contribution is 6.02. The summed E-state index contributed by atoms with van der Waals surface area (Å²) in [5.41, 5.74) is 3.89. The number of ether oxygens (including phenoxy) is 2. The van der Waals surface area contributed by atoms with E-state index in [1.165, 1.54) is 0 Å². The van der Waals surface area contributed by atoms with Crippen LogP contribution in [-0.2, 0) is 22.5 Å². The number of fused-ring (bicyclic) bond motifs is 6. The molecule has 17 nitrogen and oxygen atoms in total. The number of carbonyl (C=O) groups is 3. The van der Waals surface area contributed by atoms with Crippen molar-refractivity contribution in [3.8, 4) is 23.0 Å². The van der Waals surface area contributed by atoms with Crippen LogP contribution in [-0.4, -0.2) is 153 Å². The van der Waals surface area contributed by atoms with Crippen LogP contribution in [0.1, 0.15) is 79.8 Å². The topological polar surface area (TPSA) is 189 Å².